The summed E-state index contributed by atoms with van der Waals surface area (Å²) in [6.07, 6.45) is 2.00. The highest BCUT2D eigenvalue weighted by Crippen LogP contribution is 2.30. The second kappa shape index (κ2) is 4.16. The van der Waals surface area contributed by atoms with Crippen LogP contribution in [0.25, 0.3) is 0 Å². The molecule has 2 N–H and O–H groups in total. The van der Waals surface area contributed by atoms with Crippen molar-refractivity contribution in [3.05, 3.63) is 35.4 Å². The highest BCUT2D eigenvalue weighted by atomic mass is 32.2. The van der Waals surface area contributed by atoms with Crippen molar-refractivity contribution >= 4 is 10.0 Å². The number of nitrogens with zero attached hydrogens (tertiary/aromatic N) is 1. The summed E-state index contributed by atoms with van der Waals surface area (Å²) < 4.78 is 24.8. The molecule has 1 aliphatic heterocycles. The van der Waals surface area contributed by atoms with Gasteiger partial charge in [-0.3, -0.25) is 0 Å². The number of hydrogen-bond acceptors (Lipinski definition) is 3. The van der Waals surface area contributed by atoms with Gasteiger partial charge in [0.15, 0.2) is 0 Å². The molecule has 88 valence electrons. The van der Waals surface area contributed by atoms with Gasteiger partial charge in [-0.2, -0.15) is 4.31 Å². The monoisotopic (exact) mass is 240 g/mol. The second-order valence-electron chi connectivity index (χ2n) is 4.07. The van der Waals surface area contributed by atoms with Crippen molar-refractivity contribution in [3.63, 3.8) is 0 Å². The number of hydrogen-bond donors (Lipinski definition) is 1. The summed E-state index contributed by atoms with van der Waals surface area (Å²) in [7, 11) is -3.18. The van der Waals surface area contributed by atoms with Gasteiger partial charge in [-0.1, -0.05) is 24.3 Å². The van der Waals surface area contributed by atoms with Gasteiger partial charge in [0, 0.05) is 13.1 Å². The van der Waals surface area contributed by atoms with Crippen LogP contribution in [0.1, 0.15) is 17.2 Å². The molecule has 0 bridgehead atoms. The van der Waals surface area contributed by atoms with Gasteiger partial charge in [0.25, 0.3) is 0 Å². The van der Waals surface area contributed by atoms with E-state index in [4.69, 9.17) is 5.73 Å². The van der Waals surface area contributed by atoms with Crippen molar-refractivity contribution in [2.75, 3.05) is 19.3 Å². The third-order valence-corrected chi connectivity index (χ3v) is 4.30. The minimum atomic E-state index is -3.18. The molecule has 0 saturated carbocycles. The maximum atomic E-state index is 11.6. The summed E-state index contributed by atoms with van der Waals surface area (Å²) in [5.74, 6) is 0. The number of nitrogens with two attached hydrogens (primary N) is 1. The summed E-state index contributed by atoms with van der Waals surface area (Å²) in [6, 6.07) is 7.69. The van der Waals surface area contributed by atoms with Crippen molar-refractivity contribution in [2.24, 2.45) is 5.73 Å². The smallest absolute Gasteiger partial charge is 0.211 e. The standard InChI is InChI=1S/C11H16N2O2S/c1-16(14,15)13-7-6-9-4-2-3-5-10(9)11(13)8-12/h2-5,11H,6-8,12H2,1H3. The normalized spacial score (nSPS) is 21.8. The van der Waals surface area contributed by atoms with Gasteiger partial charge in [0.05, 0.1) is 12.3 Å². The molecule has 0 fully saturated rings. The Kier molecular flexibility index (Phi) is 3.01. The van der Waals surface area contributed by atoms with E-state index in [1.807, 2.05) is 24.3 Å². The van der Waals surface area contributed by atoms with Crippen LogP contribution in [0.5, 0.6) is 0 Å². The van der Waals surface area contributed by atoms with Crippen molar-refractivity contribution in [1.29, 1.82) is 0 Å². The van der Waals surface area contributed by atoms with Gasteiger partial charge < -0.3 is 5.73 Å². The molecule has 0 radical (unpaired) electrons. The lowest BCUT2D eigenvalue weighted by atomic mass is 9.94. The van der Waals surface area contributed by atoms with E-state index in [9.17, 15) is 8.42 Å². The molecular formula is C11H16N2O2S. The van der Waals surface area contributed by atoms with Gasteiger partial charge in [-0.15, -0.1) is 0 Å². The molecule has 0 saturated heterocycles. The largest absolute Gasteiger partial charge is 0.329 e. The molecule has 0 spiro atoms. The Morgan fingerprint density at radius 3 is 2.75 bits per heavy atom. The number of fused-ring (bicyclic) bond motifs is 1. The van der Waals surface area contributed by atoms with Crippen LogP contribution in [-0.2, 0) is 16.4 Å². The van der Waals surface area contributed by atoms with Crippen LogP contribution in [0.2, 0.25) is 0 Å². The van der Waals surface area contributed by atoms with E-state index >= 15 is 0 Å². The molecule has 5 heteroatoms. The summed E-state index contributed by atoms with van der Waals surface area (Å²) in [5.41, 5.74) is 7.95. The lowest BCUT2D eigenvalue weighted by Gasteiger charge is -2.34. The molecule has 1 aromatic carbocycles. The predicted octanol–water partition coefficient (Wildman–Crippen LogP) is 0.504. The van der Waals surface area contributed by atoms with E-state index < -0.39 is 10.0 Å². The molecular weight excluding hydrogens is 224 g/mol. The Labute approximate surface area is 96.1 Å². The average Bonchev–Trinajstić information content (AvgIpc) is 2.26. The minimum absolute atomic E-state index is 0.208. The lowest BCUT2D eigenvalue weighted by molar-refractivity contribution is 0.315. The van der Waals surface area contributed by atoms with Gasteiger partial charge >= 0.3 is 0 Å². The molecule has 16 heavy (non-hydrogen) atoms. The van der Waals surface area contributed by atoms with Gasteiger partial charge in [-0.05, 0) is 17.5 Å². The fourth-order valence-corrected chi connectivity index (χ4v) is 3.35. The quantitative estimate of drug-likeness (QED) is 0.819. The first-order valence-electron chi connectivity index (χ1n) is 5.28. The third kappa shape index (κ3) is 1.98. The van der Waals surface area contributed by atoms with Crippen LogP contribution in [0.4, 0.5) is 0 Å². The number of rotatable bonds is 2. The zero-order valence-electron chi connectivity index (χ0n) is 9.26. The molecule has 1 aromatic rings. The van der Waals surface area contributed by atoms with E-state index in [0.717, 1.165) is 12.0 Å². The topological polar surface area (TPSA) is 63.4 Å². The highest BCUT2D eigenvalue weighted by Gasteiger charge is 2.31. The summed E-state index contributed by atoms with van der Waals surface area (Å²) >= 11 is 0. The predicted molar refractivity (Wildman–Crippen MR) is 63.5 cm³/mol. The number of benzene rings is 1. The molecule has 1 aliphatic rings. The van der Waals surface area contributed by atoms with Crippen LogP contribution < -0.4 is 5.73 Å². The third-order valence-electron chi connectivity index (χ3n) is 3.01. The first kappa shape index (κ1) is 11.6. The van der Waals surface area contributed by atoms with E-state index in [0.29, 0.717) is 13.1 Å². The minimum Gasteiger partial charge on any atom is -0.329 e. The molecule has 0 aromatic heterocycles. The molecule has 0 amide bonds. The van der Waals surface area contributed by atoms with Crippen molar-refractivity contribution in [3.8, 4) is 0 Å². The van der Waals surface area contributed by atoms with Gasteiger partial charge in [0.1, 0.15) is 0 Å². The Morgan fingerprint density at radius 1 is 1.44 bits per heavy atom. The Balaban J connectivity index is 2.45. The zero-order chi connectivity index (χ0) is 11.8. The van der Waals surface area contributed by atoms with Crippen LogP contribution in [0, 0.1) is 0 Å². The van der Waals surface area contributed by atoms with E-state index in [-0.39, 0.29) is 6.04 Å². The van der Waals surface area contributed by atoms with Crippen LogP contribution in [-0.4, -0.2) is 32.1 Å². The highest BCUT2D eigenvalue weighted by molar-refractivity contribution is 7.88. The Hall–Kier alpha value is -0.910. The fraction of sp³-hybridized carbons (Fsp3) is 0.455. The maximum absolute atomic E-state index is 11.6. The van der Waals surface area contributed by atoms with Crippen molar-refractivity contribution < 1.29 is 8.42 Å². The van der Waals surface area contributed by atoms with Crippen LogP contribution in [0.15, 0.2) is 24.3 Å². The molecule has 1 heterocycles. The average molecular weight is 240 g/mol. The van der Waals surface area contributed by atoms with E-state index in [1.165, 1.54) is 16.1 Å². The van der Waals surface area contributed by atoms with Crippen molar-refractivity contribution in [1.82, 2.24) is 4.31 Å². The second-order valence-corrected chi connectivity index (χ2v) is 6.01. The zero-order valence-corrected chi connectivity index (χ0v) is 10.1. The molecule has 4 nitrogen and oxygen atoms in total. The molecule has 1 atom stereocenters. The molecule has 2 rings (SSSR count). The summed E-state index contributed by atoms with van der Waals surface area (Å²) in [4.78, 5) is 0. The van der Waals surface area contributed by atoms with E-state index in [2.05, 4.69) is 0 Å². The fourth-order valence-electron chi connectivity index (χ4n) is 2.27. The molecule has 1 unspecified atom stereocenters. The first-order chi connectivity index (χ1) is 7.54. The summed E-state index contributed by atoms with van der Waals surface area (Å²) in [5, 5.41) is 0. The van der Waals surface area contributed by atoms with Gasteiger partial charge in [-0.25, -0.2) is 8.42 Å². The van der Waals surface area contributed by atoms with E-state index in [1.54, 1.807) is 0 Å². The number of sulfonamides is 1. The van der Waals surface area contributed by atoms with Crippen LogP contribution in [0.3, 0.4) is 0 Å². The first-order valence-corrected chi connectivity index (χ1v) is 7.13. The van der Waals surface area contributed by atoms with Crippen molar-refractivity contribution in [2.45, 2.75) is 12.5 Å². The maximum Gasteiger partial charge on any atom is 0.211 e. The lowest BCUT2D eigenvalue weighted by Crippen LogP contribution is -2.42. The SMILES string of the molecule is CS(=O)(=O)N1CCc2ccccc2C1CN. The van der Waals surface area contributed by atoms with Gasteiger partial charge in [0.2, 0.25) is 10.0 Å². The summed E-state index contributed by atoms with van der Waals surface area (Å²) in [6.45, 7) is 0.849. The Morgan fingerprint density at radius 2 is 2.12 bits per heavy atom. The van der Waals surface area contributed by atoms with Crippen LogP contribution >= 0.6 is 0 Å². The molecule has 0 aliphatic carbocycles. The Bertz CT molecular complexity index is 485.